The van der Waals surface area contributed by atoms with Crippen molar-refractivity contribution in [3.8, 4) is 0 Å². The van der Waals surface area contributed by atoms with Gasteiger partial charge in [-0.25, -0.2) is 4.98 Å². The predicted molar refractivity (Wildman–Crippen MR) is 71.0 cm³/mol. The molecular formula is C14H13F3N4O. The summed E-state index contributed by atoms with van der Waals surface area (Å²) < 4.78 is 39.3. The highest BCUT2D eigenvalue weighted by Crippen LogP contribution is 2.28. The lowest BCUT2D eigenvalue weighted by Gasteiger charge is -2.24. The largest absolute Gasteiger partial charge is 0.417 e. The van der Waals surface area contributed by atoms with Gasteiger partial charge >= 0.3 is 6.18 Å². The first-order chi connectivity index (χ1) is 10.4. The molecule has 0 saturated carbocycles. The zero-order chi connectivity index (χ0) is 15.7. The van der Waals surface area contributed by atoms with Gasteiger partial charge in [-0.2, -0.15) is 13.2 Å². The molecule has 0 fully saturated rings. The molecule has 22 heavy (non-hydrogen) atoms. The number of halogens is 3. The third-order valence-corrected chi connectivity index (χ3v) is 3.59. The Bertz CT molecular complexity index is 678. The minimum atomic E-state index is -4.46. The van der Waals surface area contributed by atoms with E-state index >= 15 is 0 Å². The molecule has 1 amide bonds. The molecule has 1 aliphatic rings. The van der Waals surface area contributed by atoms with Crippen LogP contribution in [0.4, 0.5) is 13.2 Å². The average molecular weight is 310 g/mol. The summed E-state index contributed by atoms with van der Waals surface area (Å²) in [4.78, 5) is 19.8. The summed E-state index contributed by atoms with van der Waals surface area (Å²) >= 11 is 0. The number of aromatic nitrogens is 3. The number of nitrogens with one attached hydrogen (secondary N) is 1. The summed E-state index contributed by atoms with van der Waals surface area (Å²) in [6.07, 6.45) is 1.25. The fourth-order valence-corrected chi connectivity index (χ4v) is 2.44. The molecule has 3 rings (SSSR count). The van der Waals surface area contributed by atoms with E-state index in [2.05, 4.69) is 15.3 Å². The number of nitrogens with zero attached hydrogens (tertiary/aromatic N) is 3. The molecule has 8 heteroatoms. The van der Waals surface area contributed by atoms with E-state index < -0.39 is 17.6 Å². The first kappa shape index (κ1) is 14.6. The van der Waals surface area contributed by atoms with Gasteiger partial charge in [0.25, 0.3) is 5.91 Å². The van der Waals surface area contributed by atoms with E-state index in [-0.39, 0.29) is 11.7 Å². The normalized spacial score (nSPS) is 17.9. The lowest BCUT2D eigenvalue weighted by molar-refractivity contribution is -0.137. The summed E-state index contributed by atoms with van der Waals surface area (Å²) in [5.74, 6) is 0.500. The van der Waals surface area contributed by atoms with Crippen LogP contribution in [-0.4, -0.2) is 26.5 Å². The number of alkyl halides is 3. The van der Waals surface area contributed by atoms with Crippen LogP contribution in [0.25, 0.3) is 0 Å². The summed E-state index contributed by atoms with van der Waals surface area (Å²) in [6, 6.07) is 1.86. The average Bonchev–Trinajstić information content (AvgIpc) is 2.94. The van der Waals surface area contributed by atoms with Gasteiger partial charge in [-0.15, -0.1) is 0 Å². The first-order valence-corrected chi connectivity index (χ1v) is 6.77. The Morgan fingerprint density at radius 2 is 2.14 bits per heavy atom. The molecule has 116 valence electrons. The van der Waals surface area contributed by atoms with Crippen LogP contribution in [0.15, 0.2) is 30.7 Å². The smallest absolute Gasteiger partial charge is 0.346 e. The van der Waals surface area contributed by atoms with Crippen molar-refractivity contribution in [3.63, 3.8) is 0 Å². The topological polar surface area (TPSA) is 59.8 Å². The van der Waals surface area contributed by atoms with Gasteiger partial charge in [-0.05, 0) is 18.6 Å². The van der Waals surface area contributed by atoms with Crippen molar-refractivity contribution in [2.75, 3.05) is 0 Å². The van der Waals surface area contributed by atoms with Crippen molar-refractivity contribution in [1.29, 1.82) is 0 Å². The molecule has 5 nitrogen and oxygen atoms in total. The third-order valence-electron chi connectivity index (χ3n) is 3.59. The molecule has 0 aromatic carbocycles. The molecule has 0 aliphatic carbocycles. The van der Waals surface area contributed by atoms with Gasteiger partial charge in [0.1, 0.15) is 11.5 Å². The first-order valence-electron chi connectivity index (χ1n) is 6.77. The molecule has 1 aliphatic heterocycles. The number of carbonyl (C=O) groups excluding carboxylic acids is 1. The van der Waals surface area contributed by atoms with Crippen LogP contribution in [0.5, 0.6) is 0 Å². The Morgan fingerprint density at radius 3 is 2.82 bits per heavy atom. The summed E-state index contributed by atoms with van der Waals surface area (Å²) in [6.45, 7) is 0.599. The number of fused-ring (bicyclic) bond motifs is 1. The van der Waals surface area contributed by atoms with Gasteiger partial charge in [0.2, 0.25) is 0 Å². The van der Waals surface area contributed by atoms with E-state index in [4.69, 9.17) is 0 Å². The van der Waals surface area contributed by atoms with E-state index in [1.807, 2.05) is 10.8 Å². The highest BCUT2D eigenvalue weighted by Gasteiger charge is 2.31. The lowest BCUT2D eigenvalue weighted by Crippen LogP contribution is -2.41. The van der Waals surface area contributed by atoms with Gasteiger partial charge in [0, 0.05) is 37.6 Å². The third kappa shape index (κ3) is 2.95. The van der Waals surface area contributed by atoms with Crippen molar-refractivity contribution >= 4 is 5.91 Å². The molecular weight excluding hydrogens is 297 g/mol. The molecule has 1 N–H and O–H groups in total. The monoisotopic (exact) mass is 310 g/mol. The number of rotatable bonds is 2. The number of hydrogen-bond acceptors (Lipinski definition) is 3. The number of aryl methyl sites for hydroxylation is 1. The van der Waals surface area contributed by atoms with Crippen LogP contribution in [0.3, 0.4) is 0 Å². The zero-order valence-corrected chi connectivity index (χ0v) is 11.5. The number of amides is 1. The molecule has 2 aromatic rings. The minimum absolute atomic E-state index is 0.0237. The van der Waals surface area contributed by atoms with Crippen LogP contribution in [0.1, 0.15) is 28.3 Å². The second-order valence-corrected chi connectivity index (χ2v) is 5.13. The summed E-state index contributed by atoms with van der Waals surface area (Å²) in [5.41, 5.74) is -0.894. The number of pyridine rings is 1. The minimum Gasteiger partial charge on any atom is -0.346 e. The Morgan fingerprint density at radius 1 is 1.32 bits per heavy atom. The van der Waals surface area contributed by atoms with Crippen molar-refractivity contribution in [2.24, 2.45) is 0 Å². The van der Waals surface area contributed by atoms with Gasteiger partial charge < -0.3 is 9.88 Å². The number of carbonyl (C=O) groups is 1. The fourth-order valence-electron chi connectivity index (χ4n) is 2.44. The quantitative estimate of drug-likeness (QED) is 0.923. The molecule has 3 heterocycles. The Balaban J connectivity index is 1.65. The second-order valence-electron chi connectivity index (χ2n) is 5.13. The van der Waals surface area contributed by atoms with E-state index in [0.717, 1.165) is 30.8 Å². The van der Waals surface area contributed by atoms with Gasteiger partial charge in [-0.3, -0.25) is 9.78 Å². The molecule has 0 bridgehead atoms. The van der Waals surface area contributed by atoms with Crippen molar-refractivity contribution < 1.29 is 18.0 Å². The van der Waals surface area contributed by atoms with Crippen LogP contribution >= 0.6 is 0 Å². The maximum absolute atomic E-state index is 12.5. The van der Waals surface area contributed by atoms with Gasteiger partial charge in [0.05, 0.1) is 5.56 Å². The van der Waals surface area contributed by atoms with E-state index in [1.165, 1.54) is 0 Å². The van der Waals surface area contributed by atoms with Crippen LogP contribution in [0.2, 0.25) is 0 Å². The SMILES string of the molecule is O=C(N[C@H]1CCc2nccn2C1)c1ccc(C(F)(F)F)cn1. The number of hydrogen-bond donors (Lipinski definition) is 1. The van der Waals surface area contributed by atoms with E-state index in [9.17, 15) is 18.0 Å². The maximum atomic E-state index is 12.5. The molecule has 0 saturated heterocycles. The van der Waals surface area contributed by atoms with Gasteiger partial charge in [-0.1, -0.05) is 0 Å². The molecule has 2 aromatic heterocycles. The summed E-state index contributed by atoms with van der Waals surface area (Å²) in [7, 11) is 0. The van der Waals surface area contributed by atoms with Crippen molar-refractivity contribution in [2.45, 2.75) is 31.6 Å². The number of imidazole rings is 1. The van der Waals surface area contributed by atoms with Crippen LogP contribution < -0.4 is 5.32 Å². The Kier molecular flexibility index (Phi) is 3.59. The summed E-state index contributed by atoms with van der Waals surface area (Å²) in [5, 5.41) is 2.79. The van der Waals surface area contributed by atoms with Crippen LogP contribution in [0, 0.1) is 0 Å². The highest BCUT2D eigenvalue weighted by atomic mass is 19.4. The predicted octanol–water partition coefficient (Wildman–Crippen LogP) is 2.04. The molecule has 0 spiro atoms. The molecule has 0 radical (unpaired) electrons. The van der Waals surface area contributed by atoms with Crippen molar-refractivity contribution in [1.82, 2.24) is 19.9 Å². The second kappa shape index (κ2) is 5.43. The molecule has 0 unspecified atom stereocenters. The standard InChI is InChI=1S/C14H13F3N4O/c15-14(16,17)9-1-3-11(19-7-9)13(22)20-10-2-4-12-18-5-6-21(12)8-10/h1,3,5-7,10H,2,4,8H2,(H,20,22)/t10-/m0/s1. The van der Waals surface area contributed by atoms with Gasteiger partial charge in [0.15, 0.2) is 0 Å². The molecule has 1 atom stereocenters. The van der Waals surface area contributed by atoms with E-state index in [0.29, 0.717) is 12.7 Å². The Hall–Kier alpha value is -2.38. The van der Waals surface area contributed by atoms with Crippen molar-refractivity contribution in [3.05, 3.63) is 47.8 Å². The maximum Gasteiger partial charge on any atom is 0.417 e. The van der Waals surface area contributed by atoms with Crippen LogP contribution in [-0.2, 0) is 19.1 Å². The fraction of sp³-hybridized carbons (Fsp3) is 0.357. The highest BCUT2D eigenvalue weighted by molar-refractivity contribution is 5.92. The Labute approximate surface area is 124 Å². The lowest BCUT2D eigenvalue weighted by atomic mass is 10.1. The zero-order valence-electron chi connectivity index (χ0n) is 11.5. The van der Waals surface area contributed by atoms with E-state index in [1.54, 1.807) is 6.20 Å².